The number of fused-ring (bicyclic) bond motifs is 1. The maximum atomic E-state index is 6.03. The van der Waals surface area contributed by atoms with Crippen LogP contribution in [0.1, 0.15) is 68.0 Å². The Hall–Kier alpha value is -2.57. The number of nitrogens with zero attached hydrogens (tertiary/aromatic N) is 5. The second kappa shape index (κ2) is 8.52. The van der Waals surface area contributed by atoms with Gasteiger partial charge in [-0.05, 0) is 58.1 Å². The Morgan fingerprint density at radius 1 is 1.10 bits per heavy atom. The standard InChI is InChI=1S/C25H31N5O/c1-17-15-21-22(16-29(17)18(2)20-9-5-4-6-10-20)27-19(3)28-25(21)23-12-13-26-30(23)24-11-7-8-14-31-24/h4-6,9-10,12-13,17-18,24H,7-8,11,14-16H2,1-3H3. The summed E-state index contributed by atoms with van der Waals surface area (Å²) in [6, 6.07) is 13.6. The van der Waals surface area contributed by atoms with Crippen molar-refractivity contribution >= 4 is 0 Å². The van der Waals surface area contributed by atoms with Crippen LogP contribution in [0, 0.1) is 6.92 Å². The van der Waals surface area contributed by atoms with Gasteiger partial charge in [-0.1, -0.05) is 30.3 Å². The molecule has 0 aliphatic carbocycles. The Labute approximate surface area is 184 Å². The Morgan fingerprint density at radius 2 is 1.94 bits per heavy atom. The molecule has 5 rings (SSSR count). The monoisotopic (exact) mass is 417 g/mol. The van der Waals surface area contributed by atoms with Crippen LogP contribution in [-0.4, -0.2) is 37.3 Å². The molecule has 1 saturated heterocycles. The number of rotatable bonds is 4. The van der Waals surface area contributed by atoms with Gasteiger partial charge in [0.05, 0.1) is 17.1 Å². The van der Waals surface area contributed by atoms with Crippen LogP contribution in [0.3, 0.4) is 0 Å². The van der Waals surface area contributed by atoms with E-state index in [1.165, 1.54) is 17.5 Å². The molecule has 6 nitrogen and oxygen atoms in total. The highest BCUT2D eigenvalue weighted by Gasteiger charge is 2.32. The van der Waals surface area contributed by atoms with Crippen LogP contribution in [-0.2, 0) is 17.7 Å². The van der Waals surface area contributed by atoms with E-state index < -0.39 is 0 Å². The normalized spacial score (nSPS) is 22.8. The van der Waals surface area contributed by atoms with Crippen molar-refractivity contribution in [3.63, 3.8) is 0 Å². The van der Waals surface area contributed by atoms with Gasteiger partial charge in [-0.2, -0.15) is 5.10 Å². The number of benzene rings is 1. The quantitative estimate of drug-likeness (QED) is 0.607. The predicted molar refractivity (Wildman–Crippen MR) is 120 cm³/mol. The van der Waals surface area contributed by atoms with Crippen molar-refractivity contribution in [2.75, 3.05) is 6.61 Å². The molecule has 1 fully saturated rings. The lowest BCUT2D eigenvalue weighted by atomic mass is 9.93. The van der Waals surface area contributed by atoms with Gasteiger partial charge in [0, 0.05) is 37.0 Å². The van der Waals surface area contributed by atoms with Gasteiger partial charge in [0.15, 0.2) is 6.23 Å². The van der Waals surface area contributed by atoms with Crippen molar-refractivity contribution in [1.82, 2.24) is 24.6 Å². The zero-order valence-electron chi connectivity index (χ0n) is 18.7. The largest absolute Gasteiger partial charge is 0.356 e. The summed E-state index contributed by atoms with van der Waals surface area (Å²) in [5.74, 6) is 0.813. The van der Waals surface area contributed by atoms with Crippen molar-refractivity contribution in [1.29, 1.82) is 0 Å². The molecule has 2 aromatic heterocycles. The maximum Gasteiger partial charge on any atom is 0.150 e. The van der Waals surface area contributed by atoms with Crippen LogP contribution in [0.2, 0.25) is 0 Å². The van der Waals surface area contributed by atoms with Crippen molar-refractivity contribution in [3.8, 4) is 11.4 Å². The summed E-state index contributed by atoms with van der Waals surface area (Å²) in [6.07, 6.45) is 6.10. The van der Waals surface area contributed by atoms with Gasteiger partial charge in [0.25, 0.3) is 0 Å². The lowest BCUT2D eigenvalue weighted by molar-refractivity contribution is -0.0384. The third-order valence-electron chi connectivity index (χ3n) is 6.72. The van der Waals surface area contributed by atoms with Crippen LogP contribution in [0.15, 0.2) is 42.6 Å². The van der Waals surface area contributed by atoms with Crippen LogP contribution in [0.4, 0.5) is 0 Å². The van der Waals surface area contributed by atoms with Crippen LogP contribution >= 0.6 is 0 Å². The second-order valence-electron chi connectivity index (χ2n) is 8.84. The van der Waals surface area contributed by atoms with E-state index in [9.17, 15) is 0 Å². The van der Waals surface area contributed by atoms with Gasteiger partial charge in [-0.15, -0.1) is 0 Å². The molecule has 0 radical (unpaired) electrons. The summed E-state index contributed by atoms with van der Waals surface area (Å²) in [4.78, 5) is 12.3. The third kappa shape index (κ3) is 3.90. The molecular formula is C25H31N5O. The fourth-order valence-corrected chi connectivity index (χ4v) is 5.04. The van der Waals surface area contributed by atoms with E-state index in [0.29, 0.717) is 12.1 Å². The first-order valence-electron chi connectivity index (χ1n) is 11.4. The zero-order chi connectivity index (χ0) is 21.4. The van der Waals surface area contributed by atoms with Crippen molar-refractivity contribution in [2.45, 2.75) is 71.3 Å². The van der Waals surface area contributed by atoms with E-state index in [0.717, 1.165) is 55.3 Å². The van der Waals surface area contributed by atoms with Crippen molar-refractivity contribution in [2.24, 2.45) is 0 Å². The molecular weight excluding hydrogens is 386 g/mol. The van der Waals surface area contributed by atoms with Gasteiger partial charge < -0.3 is 4.74 Å². The number of hydrogen-bond acceptors (Lipinski definition) is 5. The minimum absolute atomic E-state index is 0.000266. The molecule has 0 spiro atoms. The third-order valence-corrected chi connectivity index (χ3v) is 6.72. The molecule has 1 aromatic carbocycles. The summed E-state index contributed by atoms with van der Waals surface area (Å²) in [5, 5.41) is 4.62. The molecule has 0 bridgehead atoms. The van der Waals surface area contributed by atoms with Crippen molar-refractivity contribution in [3.05, 3.63) is 65.2 Å². The van der Waals surface area contributed by atoms with E-state index in [2.05, 4.69) is 60.2 Å². The first kappa shape index (κ1) is 20.3. The first-order valence-corrected chi connectivity index (χ1v) is 11.4. The van der Waals surface area contributed by atoms with Gasteiger partial charge in [0.2, 0.25) is 0 Å². The van der Waals surface area contributed by atoms with Crippen LogP contribution in [0.25, 0.3) is 11.4 Å². The molecule has 31 heavy (non-hydrogen) atoms. The highest BCUT2D eigenvalue weighted by atomic mass is 16.5. The second-order valence-corrected chi connectivity index (χ2v) is 8.84. The minimum Gasteiger partial charge on any atom is -0.356 e. The van der Waals surface area contributed by atoms with E-state index in [1.807, 2.05) is 17.8 Å². The Kier molecular flexibility index (Phi) is 5.59. The summed E-state index contributed by atoms with van der Waals surface area (Å²) in [7, 11) is 0. The summed E-state index contributed by atoms with van der Waals surface area (Å²) in [5.41, 5.74) is 5.81. The Morgan fingerprint density at radius 3 is 2.71 bits per heavy atom. The maximum absolute atomic E-state index is 6.03. The lowest BCUT2D eigenvalue weighted by Crippen LogP contribution is -2.41. The summed E-state index contributed by atoms with van der Waals surface area (Å²) < 4.78 is 8.06. The SMILES string of the molecule is Cc1nc2c(c(-c3ccnn3C3CCCCO3)n1)CC(C)N(C(C)c1ccccc1)C2. The highest BCUT2D eigenvalue weighted by molar-refractivity contribution is 5.61. The van der Waals surface area contributed by atoms with Crippen LogP contribution in [0.5, 0.6) is 0 Å². The summed E-state index contributed by atoms with van der Waals surface area (Å²) in [6.45, 7) is 8.23. The lowest BCUT2D eigenvalue weighted by Gasteiger charge is -2.39. The molecule has 2 aliphatic heterocycles. The highest BCUT2D eigenvalue weighted by Crippen LogP contribution is 2.36. The van der Waals surface area contributed by atoms with Gasteiger partial charge in [0.1, 0.15) is 5.82 Å². The molecule has 3 aromatic rings. The smallest absolute Gasteiger partial charge is 0.150 e. The predicted octanol–water partition coefficient (Wildman–Crippen LogP) is 4.86. The molecule has 4 heterocycles. The number of hydrogen-bond donors (Lipinski definition) is 0. The molecule has 162 valence electrons. The molecule has 6 heteroatoms. The van der Waals surface area contributed by atoms with E-state index in [-0.39, 0.29) is 6.23 Å². The van der Waals surface area contributed by atoms with E-state index in [4.69, 9.17) is 14.7 Å². The topological polar surface area (TPSA) is 56.1 Å². The Bertz CT molecular complexity index is 1040. The average molecular weight is 418 g/mol. The molecule has 0 N–H and O–H groups in total. The number of aryl methyl sites for hydroxylation is 1. The molecule has 2 aliphatic rings. The van der Waals surface area contributed by atoms with E-state index >= 15 is 0 Å². The molecule has 0 amide bonds. The molecule has 3 unspecified atom stereocenters. The minimum atomic E-state index is 0.000266. The molecule has 0 saturated carbocycles. The fourth-order valence-electron chi connectivity index (χ4n) is 5.04. The molecule has 3 atom stereocenters. The van der Waals surface area contributed by atoms with Gasteiger partial charge in [-0.25, -0.2) is 14.6 Å². The average Bonchev–Trinajstić information content (AvgIpc) is 3.29. The van der Waals surface area contributed by atoms with Gasteiger partial charge in [-0.3, -0.25) is 4.90 Å². The fraction of sp³-hybridized carbons (Fsp3) is 0.480. The number of ether oxygens (including phenoxy) is 1. The summed E-state index contributed by atoms with van der Waals surface area (Å²) >= 11 is 0. The van der Waals surface area contributed by atoms with E-state index in [1.54, 1.807) is 0 Å². The van der Waals surface area contributed by atoms with Crippen molar-refractivity contribution < 1.29 is 4.74 Å². The zero-order valence-corrected chi connectivity index (χ0v) is 18.7. The number of aromatic nitrogens is 4. The first-order chi connectivity index (χ1) is 15.1. The Balaban J connectivity index is 1.50. The van der Waals surface area contributed by atoms with Gasteiger partial charge >= 0.3 is 0 Å². The van der Waals surface area contributed by atoms with Crippen LogP contribution < -0.4 is 0 Å².